The van der Waals surface area contributed by atoms with Crippen molar-refractivity contribution in [2.45, 2.75) is 26.4 Å². The van der Waals surface area contributed by atoms with Gasteiger partial charge >= 0.3 is 0 Å². The number of hydrogen-bond donors (Lipinski definition) is 0. The molecule has 2 heteroatoms. The minimum Gasteiger partial charge on any atom is -0.380 e. The number of nitriles is 1. The molecule has 0 aliphatic carbocycles. The molecule has 2 nitrogen and oxygen atoms in total. The predicted molar refractivity (Wildman–Crippen MR) is 35.9 cm³/mol. The number of methoxy groups -OCH3 is 1. The maximum atomic E-state index is 8.50. The second-order valence-corrected chi connectivity index (χ2v) is 2.08. The van der Waals surface area contributed by atoms with Gasteiger partial charge in [0.2, 0.25) is 0 Å². The Labute approximate surface area is 56.4 Å². The minimum atomic E-state index is 0.0509. The zero-order valence-electron chi connectivity index (χ0n) is 6.22. The van der Waals surface area contributed by atoms with Crippen LogP contribution in [0.4, 0.5) is 0 Å². The van der Waals surface area contributed by atoms with E-state index in [4.69, 9.17) is 10.00 Å². The zero-order valence-corrected chi connectivity index (χ0v) is 6.22. The van der Waals surface area contributed by atoms with Gasteiger partial charge in [-0.3, -0.25) is 0 Å². The van der Waals surface area contributed by atoms with E-state index in [1.807, 2.05) is 13.8 Å². The first-order valence-electron chi connectivity index (χ1n) is 3.18. The molecule has 2 unspecified atom stereocenters. The summed E-state index contributed by atoms with van der Waals surface area (Å²) in [7, 11) is 1.63. The number of ether oxygens (including phenoxy) is 1. The van der Waals surface area contributed by atoms with Gasteiger partial charge in [-0.1, -0.05) is 6.92 Å². The highest BCUT2D eigenvalue weighted by molar-refractivity contribution is 4.85. The van der Waals surface area contributed by atoms with Crippen molar-refractivity contribution in [3.63, 3.8) is 0 Å². The van der Waals surface area contributed by atoms with Crippen molar-refractivity contribution in [1.29, 1.82) is 5.26 Å². The summed E-state index contributed by atoms with van der Waals surface area (Å²) in [4.78, 5) is 0. The van der Waals surface area contributed by atoms with E-state index in [0.29, 0.717) is 0 Å². The number of rotatable bonds is 3. The zero-order chi connectivity index (χ0) is 7.28. The summed E-state index contributed by atoms with van der Waals surface area (Å²) < 4.78 is 4.97. The molecule has 9 heavy (non-hydrogen) atoms. The molecule has 0 amide bonds. The molecule has 0 rings (SSSR count). The van der Waals surface area contributed by atoms with E-state index in [0.717, 1.165) is 6.42 Å². The van der Waals surface area contributed by atoms with Gasteiger partial charge in [-0.2, -0.15) is 5.26 Å². The first-order chi connectivity index (χ1) is 4.26. The molecule has 0 saturated carbocycles. The third-order valence-corrected chi connectivity index (χ3v) is 1.54. The van der Waals surface area contributed by atoms with Crippen molar-refractivity contribution in [2.24, 2.45) is 5.92 Å². The van der Waals surface area contributed by atoms with Gasteiger partial charge in [-0.15, -0.1) is 0 Å². The SMILES string of the molecule is CCC(C#N)C(C)OC. The molecule has 0 aromatic heterocycles. The van der Waals surface area contributed by atoms with Crippen LogP contribution in [0.25, 0.3) is 0 Å². The molecule has 0 aromatic carbocycles. The van der Waals surface area contributed by atoms with Gasteiger partial charge in [-0.05, 0) is 13.3 Å². The predicted octanol–water partition coefficient (Wildman–Crippen LogP) is 1.57. The van der Waals surface area contributed by atoms with Crippen LogP contribution in [0.1, 0.15) is 20.3 Å². The quantitative estimate of drug-likeness (QED) is 0.576. The Morgan fingerprint density at radius 3 is 2.33 bits per heavy atom. The van der Waals surface area contributed by atoms with E-state index >= 15 is 0 Å². The number of hydrogen-bond acceptors (Lipinski definition) is 2. The van der Waals surface area contributed by atoms with Crippen molar-refractivity contribution in [2.75, 3.05) is 7.11 Å². The molecule has 0 heterocycles. The van der Waals surface area contributed by atoms with Gasteiger partial charge in [0.05, 0.1) is 18.1 Å². The molecule has 0 fully saturated rings. The Morgan fingerprint density at radius 2 is 2.22 bits per heavy atom. The first-order valence-corrected chi connectivity index (χ1v) is 3.18. The third kappa shape index (κ3) is 2.48. The lowest BCUT2D eigenvalue weighted by Gasteiger charge is -2.12. The molecule has 52 valence electrons. The standard InChI is InChI=1S/C7H13NO/c1-4-7(5-8)6(2)9-3/h6-7H,4H2,1-3H3. The topological polar surface area (TPSA) is 33.0 Å². The van der Waals surface area contributed by atoms with Gasteiger partial charge in [-0.25, -0.2) is 0 Å². The van der Waals surface area contributed by atoms with Crippen LogP contribution in [0.5, 0.6) is 0 Å². The van der Waals surface area contributed by atoms with Crippen molar-refractivity contribution in [3.8, 4) is 6.07 Å². The molecule has 0 N–H and O–H groups in total. The van der Waals surface area contributed by atoms with Crippen molar-refractivity contribution in [3.05, 3.63) is 0 Å². The molecule has 0 spiro atoms. The van der Waals surface area contributed by atoms with Gasteiger partial charge < -0.3 is 4.74 Å². The average molecular weight is 127 g/mol. The Balaban J connectivity index is 3.68. The molecular formula is C7H13NO. The summed E-state index contributed by atoms with van der Waals surface area (Å²) in [5.41, 5.74) is 0. The summed E-state index contributed by atoms with van der Waals surface area (Å²) in [5.74, 6) is 0.0509. The van der Waals surface area contributed by atoms with Crippen LogP contribution >= 0.6 is 0 Å². The van der Waals surface area contributed by atoms with E-state index in [1.54, 1.807) is 7.11 Å². The van der Waals surface area contributed by atoms with Crippen LogP contribution in [-0.4, -0.2) is 13.2 Å². The summed E-state index contributed by atoms with van der Waals surface area (Å²) >= 11 is 0. The van der Waals surface area contributed by atoms with Gasteiger partial charge in [0, 0.05) is 7.11 Å². The van der Waals surface area contributed by atoms with Crippen molar-refractivity contribution >= 4 is 0 Å². The lowest BCUT2D eigenvalue weighted by Crippen LogP contribution is -2.16. The van der Waals surface area contributed by atoms with Gasteiger partial charge in [0.1, 0.15) is 0 Å². The molecule has 0 bridgehead atoms. The molecule has 2 atom stereocenters. The van der Waals surface area contributed by atoms with Crippen LogP contribution in [0, 0.1) is 17.2 Å². The van der Waals surface area contributed by atoms with Crippen LogP contribution in [0.3, 0.4) is 0 Å². The van der Waals surface area contributed by atoms with E-state index in [2.05, 4.69) is 6.07 Å². The third-order valence-electron chi connectivity index (χ3n) is 1.54. The van der Waals surface area contributed by atoms with Gasteiger partial charge in [0.25, 0.3) is 0 Å². The highest BCUT2D eigenvalue weighted by Gasteiger charge is 2.12. The lowest BCUT2D eigenvalue weighted by atomic mass is 10.0. The monoisotopic (exact) mass is 127 g/mol. The average Bonchev–Trinajstić information content (AvgIpc) is 1.90. The molecule has 0 saturated heterocycles. The van der Waals surface area contributed by atoms with Crippen LogP contribution in [0.2, 0.25) is 0 Å². The second-order valence-electron chi connectivity index (χ2n) is 2.08. The highest BCUT2D eigenvalue weighted by Crippen LogP contribution is 2.08. The smallest absolute Gasteiger partial charge is 0.0720 e. The molecule has 0 aliphatic heterocycles. The fourth-order valence-electron chi connectivity index (χ4n) is 0.692. The van der Waals surface area contributed by atoms with E-state index in [-0.39, 0.29) is 12.0 Å². The lowest BCUT2D eigenvalue weighted by molar-refractivity contribution is 0.0851. The summed E-state index contributed by atoms with van der Waals surface area (Å²) in [5, 5.41) is 8.50. The Morgan fingerprint density at radius 1 is 1.67 bits per heavy atom. The normalized spacial score (nSPS) is 16.2. The Hall–Kier alpha value is -0.550. The number of nitrogens with zero attached hydrogens (tertiary/aromatic N) is 1. The van der Waals surface area contributed by atoms with E-state index in [9.17, 15) is 0 Å². The molecule has 0 radical (unpaired) electrons. The van der Waals surface area contributed by atoms with Crippen LogP contribution in [0.15, 0.2) is 0 Å². The maximum Gasteiger partial charge on any atom is 0.0720 e. The molecule has 0 aliphatic rings. The second kappa shape index (κ2) is 4.34. The van der Waals surface area contributed by atoms with Crippen LogP contribution < -0.4 is 0 Å². The highest BCUT2D eigenvalue weighted by atomic mass is 16.5. The van der Waals surface area contributed by atoms with E-state index < -0.39 is 0 Å². The largest absolute Gasteiger partial charge is 0.380 e. The fraction of sp³-hybridized carbons (Fsp3) is 0.857. The van der Waals surface area contributed by atoms with Crippen molar-refractivity contribution < 1.29 is 4.74 Å². The fourth-order valence-corrected chi connectivity index (χ4v) is 0.692. The van der Waals surface area contributed by atoms with Crippen LogP contribution in [-0.2, 0) is 4.74 Å². The minimum absolute atomic E-state index is 0.0509. The maximum absolute atomic E-state index is 8.50. The Kier molecular flexibility index (Phi) is 4.08. The van der Waals surface area contributed by atoms with Crippen molar-refractivity contribution in [1.82, 2.24) is 0 Å². The van der Waals surface area contributed by atoms with Gasteiger partial charge in [0.15, 0.2) is 0 Å². The first kappa shape index (κ1) is 8.45. The Bertz CT molecular complexity index is 106. The summed E-state index contributed by atoms with van der Waals surface area (Å²) in [6.45, 7) is 3.90. The molecule has 0 aromatic rings. The summed E-state index contributed by atoms with van der Waals surface area (Å²) in [6, 6.07) is 2.18. The van der Waals surface area contributed by atoms with E-state index in [1.165, 1.54) is 0 Å². The molecular weight excluding hydrogens is 114 g/mol. The summed E-state index contributed by atoms with van der Waals surface area (Å²) in [6.07, 6.45) is 0.936.